The molecule has 0 N–H and O–H groups in total. The van der Waals surface area contributed by atoms with Crippen molar-refractivity contribution in [3.05, 3.63) is 11.9 Å². The van der Waals surface area contributed by atoms with E-state index in [4.69, 9.17) is 0 Å². The van der Waals surface area contributed by atoms with Crippen LogP contribution < -0.4 is 0 Å². The van der Waals surface area contributed by atoms with Crippen molar-refractivity contribution in [2.24, 2.45) is 0 Å². The van der Waals surface area contributed by atoms with Gasteiger partial charge in [-0.3, -0.25) is 0 Å². The molecule has 0 atom stereocenters. The van der Waals surface area contributed by atoms with Gasteiger partial charge in [-0.15, -0.1) is 0 Å². The molecule has 0 saturated carbocycles. The molecule has 0 unspecified atom stereocenters. The Hall–Kier alpha value is 0.170. The normalized spacial score (nSPS) is 12.2. The van der Waals surface area contributed by atoms with Crippen molar-refractivity contribution in [2.75, 3.05) is 6.16 Å². The Morgan fingerprint density at radius 3 is 2.67 bits per heavy atom. The van der Waals surface area contributed by atoms with Crippen LogP contribution in [-0.2, 0) is 0 Å². The van der Waals surface area contributed by atoms with Gasteiger partial charge in [0.1, 0.15) is 0 Å². The van der Waals surface area contributed by atoms with Gasteiger partial charge in [-0.1, -0.05) is 47.2 Å². The summed E-state index contributed by atoms with van der Waals surface area (Å²) in [5, 5.41) is 0. The standard InChI is InChI=1S/C8H16P/c1-3-5-6-7-8-9-4-2/h7-8H,3-6H2,1-2H3/b8-7+. The third-order valence-corrected chi connectivity index (χ3v) is 1.90. The van der Waals surface area contributed by atoms with E-state index in [0.717, 1.165) is 0 Å². The average Bonchev–Trinajstić information content (AvgIpc) is 1.89. The van der Waals surface area contributed by atoms with Crippen LogP contribution in [0.1, 0.15) is 33.1 Å². The van der Waals surface area contributed by atoms with E-state index >= 15 is 0 Å². The highest BCUT2D eigenvalue weighted by molar-refractivity contribution is 7.41. The molecular formula is C8H16P. The van der Waals surface area contributed by atoms with E-state index in [-0.39, 0.29) is 0 Å². The average molecular weight is 143 g/mol. The second-order valence-corrected chi connectivity index (χ2v) is 3.32. The maximum Gasteiger partial charge on any atom is -0.0278 e. The van der Waals surface area contributed by atoms with Gasteiger partial charge in [0.25, 0.3) is 0 Å². The van der Waals surface area contributed by atoms with Gasteiger partial charge in [0.2, 0.25) is 0 Å². The minimum absolute atomic E-state index is 1.25. The quantitative estimate of drug-likeness (QED) is 0.407. The van der Waals surface area contributed by atoms with E-state index in [9.17, 15) is 0 Å². The van der Waals surface area contributed by atoms with E-state index in [0.29, 0.717) is 0 Å². The zero-order chi connectivity index (χ0) is 6.95. The molecule has 1 heteroatoms. The number of hydrogen-bond acceptors (Lipinski definition) is 0. The van der Waals surface area contributed by atoms with Gasteiger partial charge in [0, 0.05) is 0 Å². The lowest BCUT2D eigenvalue weighted by atomic mass is 10.2. The Morgan fingerprint density at radius 2 is 2.11 bits per heavy atom. The molecule has 0 spiro atoms. The molecule has 0 aliphatic carbocycles. The van der Waals surface area contributed by atoms with Gasteiger partial charge in [-0.25, -0.2) is 0 Å². The summed E-state index contributed by atoms with van der Waals surface area (Å²) >= 11 is 0. The molecule has 53 valence electrons. The largest absolute Gasteiger partial charge is 0.0837 e. The van der Waals surface area contributed by atoms with Gasteiger partial charge >= 0.3 is 0 Å². The molecule has 1 radical (unpaired) electrons. The molecule has 0 rings (SSSR count). The first-order valence-electron chi connectivity index (χ1n) is 3.73. The summed E-state index contributed by atoms with van der Waals surface area (Å²) in [6.45, 7) is 4.43. The lowest BCUT2D eigenvalue weighted by Crippen LogP contribution is -1.64. The highest BCUT2D eigenvalue weighted by atomic mass is 31.1. The first-order valence-corrected chi connectivity index (χ1v) is 4.88. The van der Waals surface area contributed by atoms with Crippen molar-refractivity contribution in [1.29, 1.82) is 0 Å². The molecule has 9 heavy (non-hydrogen) atoms. The van der Waals surface area contributed by atoms with Crippen LogP contribution in [0.4, 0.5) is 0 Å². The van der Waals surface area contributed by atoms with Crippen molar-refractivity contribution in [3.8, 4) is 0 Å². The van der Waals surface area contributed by atoms with Crippen LogP contribution in [0.3, 0.4) is 0 Å². The summed E-state index contributed by atoms with van der Waals surface area (Å²) in [5.41, 5.74) is 0. The molecule has 0 aromatic heterocycles. The Balaban J connectivity index is 2.86. The van der Waals surface area contributed by atoms with Gasteiger partial charge in [0.15, 0.2) is 0 Å². The fraction of sp³-hybridized carbons (Fsp3) is 0.750. The summed E-state index contributed by atoms with van der Waals surface area (Å²) in [6, 6.07) is 0. The zero-order valence-corrected chi connectivity index (χ0v) is 7.32. The number of hydrogen-bond donors (Lipinski definition) is 0. The lowest BCUT2D eigenvalue weighted by Gasteiger charge is -1.86. The molecule has 0 aromatic rings. The van der Waals surface area contributed by atoms with Gasteiger partial charge in [-0.05, 0) is 12.6 Å². The van der Waals surface area contributed by atoms with E-state index < -0.39 is 0 Å². The lowest BCUT2D eigenvalue weighted by molar-refractivity contribution is 0.815. The van der Waals surface area contributed by atoms with Crippen LogP contribution in [0.15, 0.2) is 11.9 Å². The first-order chi connectivity index (χ1) is 4.41. The van der Waals surface area contributed by atoms with Crippen LogP contribution in [-0.4, -0.2) is 6.16 Å². The van der Waals surface area contributed by atoms with Gasteiger partial charge in [-0.2, -0.15) is 0 Å². The highest BCUT2D eigenvalue weighted by Crippen LogP contribution is 2.10. The Kier molecular flexibility index (Phi) is 8.32. The molecule has 0 heterocycles. The number of allylic oxidation sites excluding steroid dienone is 1. The number of unbranched alkanes of at least 4 members (excludes halogenated alkanes) is 2. The molecule has 0 aliphatic heterocycles. The van der Waals surface area contributed by atoms with Crippen LogP contribution in [0.5, 0.6) is 0 Å². The van der Waals surface area contributed by atoms with Crippen LogP contribution in [0.2, 0.25) is 0 Å². The molecule has 0 bridgehead atoms. The van der Waals surface area contributed by atoms with Crippen LogP contribution in [0.25, 0.3) is 0 Å². The summed E-state index contributed by atoms with van der Waals surface area (Å²) in [4.78, 5) is 0. The number of rotatable bonds is 5. The van der Waals surface area contributed by atoms with Crippen molar-refractivity contribution < 1.29 is 0 Å². The van der Waals surface area contributed by atoms with Crippen molar-refractivity contribution in [1.82, 2.24) is 0 Å². The van der Waals surface area contributed by atoms with Gasteiger partial charge < -0.3 is 0 Å². The minimum Gasteiger partial charge on any atom is -0.0837 e. The fourth-order valence-corrected chi connectivity index (χ4v) is 1.09. The minimum atomic E-state index is 1.25. The predicted molar refractivity (Wildman–Crippen MR) is 46.1 cm³/mol. The third kappa shape index (κ3) is 8.17. The van der Waals surface area contributed by atoms with Crippen molar-refractivity contribution in [2.45, 2.75) is 33.1 Å². The van der Waals surface area contributed by atoms with E-state index in [1.54, 1.807) is 0 Å². The molecule has 0 nitrogen and oxygen atoms in total. The fourth-order valence-electron chi connectivity index (χ4n) is 0.576. The van der Waals surface area contributed by atoms with E-state index in [1.807, 2.05) is 0 Å². The highest BCUT2D eigenvalue weighted by Gasteiger charge is 1.76. The molecule has 0 fully saturated rings. The molecule has 0 saturated heterocycles. The van der Waals surface area contributed by atoms with Crippen LogP contribution >= 0.6 is 8.58 Å². The van der Waals surface area contributed by atoms with Crippen molar-refractivity contribution in [3.63, 3.8) is 0 Å². The molecular weight excluding hydrogens is 127 g/mol. The van der Waals surface area contributed by atoms with Crippen molar-refractivity contribution >= 4 is 8.58 Å². The summed E-state index contributed by atoms with van der Waals surface area (Å²) in [7, 11) is 1.46. The van der Waals surface area contributed by atoms with Crippen LogP contribution in [0, 0.1) is 0 Å². The Morgan fingerprint density at radius 1 is 1.33 bits per heavy atom. The Bertz CT molecular complexity index is 67.0. The molecule has 0 aromatic carbocycles. The molecule has 0 amide bonds. The smallest absolute Gasteiger partial charge is 0.0278 e. The topological polar surface area (TPSA) is 0 Å². The SMILES string of the molecule is CCCC/C=C/[P]CC. The maximum atomic E-state index is 2.29. The summed E-state index contributed by atoms with van der Waals surface area (Å²) < 4.78 is 0. The maximum absolute atomic E-state index is 2.29. The molecule has 0 aliphatic rings. The second kappa shape index (κ2) is 8.17. The van der Waals surface area contributed by atoms with E-state index in [1.165, 1.54) is 34.0 Å². The first kappa shape index (κ1) is 9.17. The van der Waals surface area contributed by atoms with E-state index in [2.05, 4.69) is 25.7 Å². The monoisotopic (exact) mass is 143 g/mol. The predicted octanol–water partition coefficient (Wildman–Crippen LogP) is 3.66. The second-order valence-electron chi connectivity index (χ2n) is 2.03. The third-order valence-electron chi connectivity index (χ3n) is 1.12. The Labute approximate surface area is 60.5 Å². The van der Waals surface area contributed by atoms with Gasteiger partial charge in [0.05, 0.1) is 0 Å². The summed E-state index contributed by atoms with van der Waals surface area (Å²) in [5.74, 6) is 2.26. The summed E-state index contributed by atoms with van der Waals surface area (Å²) in [6.07, 6.45) is 7.46. The zero-order valence-electron chi connectivity index (χ0n) is 6.43.